The van der Waals surface area contributed by atoms with Crippen molar-refractivity contribution in [3.05, 3.63) is 41.3 Å². The molecule has 2 nitrogen and oxygen atoms in total. The topological polar surface area (TPSA) is 28.7 Å². The van der Waals surface area contributed by atoms with Crippen LogP contribution in [0.3, 0.4) is 0 Å². The van der Waals surface area contributed by atoms with Crippen molar-refractivity contribution < 1.29 is 4.39 Å². The van der Waals surface area contributed by atoms with Crippen molar-refractivity contribution in [1.29, 1.82) is 0 Å². The Labute approximate surface area is 88.1 Å². The molecule has 1 aromatic heterocycles. The maximum Gasteiger partial charge on any atom is 0.132 e. The van der Waals surface area contributed by atoms with E-state index in [0.29, 0.717) is 11.3 Å². The Morgan fingerprint density at radius 2 is 2.13 bits per heavy atom. The van der Waals surface area contributed by atoms with Gasteiger partial charge in [0.15, 0.2) is 0 Å². The average Bonchev–Trinajstić information content (AvgIpc) is 2.70. The summed E-state index contributed by atoms with van der Waals surface area (Å²) in [7, 11) is 0. The number of hydrogen-bond donors (Lipinski definition) is 1. The molecule has 0 saturated heterocycles. The van der Waals surface area contributed by atoms with E-state index in [9.17, 15) is 4.39 Å². The predicted molar refractivity (Wildman–Crippen MR) is 58.1 cm³/mol. The molecule has 0 aliphatic rings. The van der Waals surface area contributed by atoms with Crippen LogP contribution in [0.1, 0.15) is 18.2 Å². The molecule has 0 aliphatic heterocycles. The molecule has 0 aliphatic carbocycles. The first-order valence-electron chi connectivity index (χ1n) is 5.01. The Hall–Kier alpha value is -1.64. The maximum atomic E-state index is 13.5. The summed E-state index contributed by atoms with van der Waals surface area (Å²) < 4.78 is 13.5. The Bertz CT molecular complexity index is 474. The second-order valence-electron chi connectivity index (χ2n) is 3.62. The van der Waals surface area contributed by atoms with Gasteiger partial charge in [-0.15, -0.1) is 0 Å². The predicted octanol–water partition coefficient (Wildman–Crippen LogP) is 3.09. The molecule has 0 atom stereocenters. The zero-order chi connectivity index (χ0) is 10.8. The fourth-order valence-electron chi connectivity index (χ4n) is 1.52. The lowest BCUT2D eigenvalue weighted by Gasteiger charge is -2.00. The van der Waals surface area contributed by atoms with Gasteiger partial charge in [-0.25, -0.2) is 4.39 Å². The van der Waals surface area contributed by atoms with Crippen LogP contribution in [0.25, 0.3) is 11.3 Å². The van der Waals surface area contributed by atoms with E-state index >= 15 is 0 Å². The van der Waals surface area contributed by atoms with E-state index in [2.05, 4.69) is 10.2 Å². The van der Waals surface area contributed by atoms with Crippen LogP contribution in [-0.2, 0) is 6.42 Å². The van der Waals surface area contributed by atoms with Crippen molar-refractivity contribution in [1.82, 2.24) is 10.2 Å². The van der Waals surface area contributed by atoms with Crippen LogP contribution in [0, 0.1) is 12.7 Å². The van der Waals surface area contributed by atoms with Crippen LogP contribution in [0.2, 0.25) is 0 Å². The number of aryl methyl sites for hydroxylation is 2. The minimum absolute atomic E-state index is 0.227. The maximum absolute atomic E-state index is 13.5. The SMILES string of the molecule is CCc1cc(-c2cc(C)ccc2F)n[nH]1. The van der Waals surface area contributed by atoms with E-state index in [4.69, 9.17) is 0 Å². The van der Waals surface area contributed by atoms with E-state index in [1.165, 1.54) is 6.07 Å². The standard InChI is InChI=1S/C12H13FN2/c1-3-9-7-12(15-14-9)10-6-8(2)4-5-11(10)13/h4-7H,3H2,1-2H3,(H,14,15). The van der Waals surface area contributed by atoms with Gasteiger partial charge in [0.2, 0.25) is 0 Å². The van der Waals surface area contributed by atoms with Crippen molar-refractivity contribution in [2.75, 3.05) is 0 Å². The first kappa shape index (κ1) is 9.90. The molecular weight excluding hydrogens is 191 g/mol. The molecule has 0 unspecified atom stereocenters. The lowest BCUT2D eigenvalue weighted by molar-refractivity contribution is 0.630. The van der Waals surface area contributed by atoms with Gasteiger partial charge in [-0.1, -0.05) is 18.6 Å². The lowest BCUT2D eigenvalue weighted by Crippen LogP contribution is -1.85. The van der Waals surface area contributed by atoms with Crippen molar-refractivity contribution >= 4 is 0 Å². The summed E-state index contributed by atoms with van der Waals surface area (Å²) in [5, 5.41) is 6.98. The summed E-state index contributed by atoms with van der Waals surface area (Å²) in [6.07, 6.45) is 0.875. The number of aromatic amines is 1. The van der Waals surface area contributed by atoms with Gasteiger partial charge in [-0.05, 0) is 31.5 Å². The molecule has 3 heteroatoms. The first-order chi connectivity index (χ1) is 7.20. The molecule has 0 bridgehead atoms. The third-order valence-corrected chi connectivity index (χ3v) is 2.41. The second-order valence-corrected chi connectivity index (χ2v) is 3.62. The normalized spacial score (nSPS) is 10.6. The molecule has 2 aromatic rings. The monoisotopic (exact) mass is 204 g/mol. The summed E-state index contributed by atoms with van der Waals surface area (Å²) in [4.78, 5) is 0. The number of nitrogens with zero attached hydrogens (tertiary/aromatic N) is 1. The molecule has 78 valence electrons. The minimum atomic E-state index is -0.227. The van der Waals surface area contributed by atoms with Gasteiger partial charge in [0.25, 0.3) is 0 Å². The van der Waals surface area contributed by atoms with E-state index in [-0.39, 0.29) is 5.82 Å². The number of nitrogens with one attached hydrogen (secondary N) is 1. The van der Waals surface area contributed by atoms with Gasteiger partial charge in [-0.3, -0.25) is 5.10 Å². The summed E-state index contributed by atoms with van der Waals surface area (Å²) >= 11 is 0. The van der Waals surface area contributed by atoms with Crippen LogP contribution in [0.15, 0.2) is 24.3 Å². The molecule has 15 heavy (non-hydrogen) atoms. The van der Waals surface area contributed by atoms with E-state index in [1.807, 2.05) is 26.0 Å². The van der Waals surface area contributed by atoms with E-state index in [1.54, 1.807) is 6.07 Å². The van der Waals surface area contributed by atoms with Gasteiger partial charge in [-0.2, -0.15) is 5.10 Å². The summed E-state index contributed by atoms with van der Waals surface area (Å²) in [5.74, 6) is -0.227. The highest BCUT2D eigenvalue weighted by Crippen LogP contribution is 2.22. The molecule has 1 N–H and O–H groups in total. The molecule has 1 aromatic carbocycles. The zero-order valence-corrected chi connectivity index (χ0v) is 8.84. The average molecular weight is 204 g/mol. The number of aromatic nitrogens is 2. The van der Waals surface area contributed by atoms with E-state index in [0.717, 1.165) is 17.7 Å². The number of benzene rings is 1. The third kappa shape index (κ3) is 1.91. The molecule has 0 saturated carbocycles. The van der Waals surface area contributed by atoms with Crippen LogP contribution >= 0.6 is 0 Å². The largest absolute Gasteiger partial charge is 0.282 e. The molecule has 2 rings (SSSR count). The highest BCUT2D eigenvalue weighted by atomic mass is 19.1. The Kier molecular flexibility index (Phi) is 2.54. The Morgan fingerprint density at radius 3 is 2.80 bits per heavy atom. The Morgan fingerprint density at radius 1 is 1.33 bits per heavy atom. The summed E-state index contributed by atoms with van der Waals surface area (Å²) in [6.45, 7) is 3.97. The van der Waals surface area contributed by atoms with Gasteiger partial charge in [0.05, 0.1) is 5.69 Å². The number of H-pyrrole nitrogens is 1. The fraction of sp³-hybridized carbons (Fsp3) is 0.250. The van der Waals surface area contributed by atoms with Gasteiger partial charge in [0, 0.05) is 11.3 Å². The Balaban J connectivity index is 2.48. The quantitative estimate of drug-likeness (QED) is 0.800. The van der Waals surface area contributed by atoms with Gasteiger partial charge >= 0.3 is 0 Å². The lowest BCUT2D eigenvalue weighted by atomic mass is 10.1. The first-order valence-corrected chi connectivity index (χ1v) is 5.01. The third-order valence-electron chi connectivity index (χ3n) is 2.41. The highest BCUT2D eigenvalue weighted by Gasteiger charge is 2.08. The molecule has 1 heterocycles. The smallest absolute Gasteiger partial charge is 0.132 e. The summed E-state index contributed by atoms with van der Waals surface area (Å²) in [6, 6.07) is 6.93. The van der Waals surface area contributed by atoms with Crippen LogP contribution in [0.5, 0.6) is 0 Å². The fourth-order valence-corrected chi connectivity index (χ4v) is 1.52. The molecule has 0 radical (unpaired) electrons. The van der Waals surface area contributed by atoms with Crippen molar-refractivity contribution in [3.63, 3.8) is 0 Å². The minimum Gasteiger partial charge on any atom is -0.282 e. The second kappa shape index (κ2) is 3.85. The molecule has 0 amide bonds. The molecule has 0 fully saturated rings. The van der Waals surface area contributed by atoms with Crippen molar-refractivity contribution in [3.8, 4) is 11.3 Å². The molecular formula is C12H13FN2. The van der Waals surface area contributed by atoms with Crippen LogP contribution in [-0.4, -0.2) is 10.2 Å². The van der Waals surface area contributed by atoms with Crippen LogP contribution in [0.4, 0.5) is 4.39 Å². The highest BCUT2D eigenvalue weighted by molar-refractivity contribution is 5.61. The van der Waals surface area contributed by atoms with Crippen molar-refractivity contribution in [2.24, 2.45) is 0 Å². The summed E-state index contributed by atoms with van der Waals surface area (Å²) in [5.41, 5.74) is 3.29. The number of halogens is 1. The van der Waals surface area contributed by atoms with Crippen molar-refractivity contribution in [2.45, 2.75) is 20.3 Å². The number of rotatable bonds is 2. The van der Waals surface area contributed by atoms with Crippen LogP contribution < -0.4 is 0 Å². The molecule has 0 spiro atoms. The van der Waals surface area contributed by atoms with Gasteiger partial charge < -0.3 is 0 Å². The van der Waals surface area contributed by atoms with E-state index < -0.39 is 0 Å². The van der Waals surface area contributed by atoms with Gasteiger partial charge in [0.1, 0.15) is 5.82 Å². The number of hydrogen-bond acceptors (Lipinski definition) is 1. The zero-order valence-electron chi connectivity index (χ0n) is 8.84.